The highest BCUT2D eigenvalue weighted by molar-refractivity contribution is 6.00. The average Bonchev–Trinajstić information content (AvgIpc) is 2.09. The molecule has 0 N–H and O–H groups in total. The summed E-state index contributed by atoms with van der Waals surface area (Å²) >= 11 is 0. The standard InChI is InChI=1S/C8H12N2.C2H4/c1-5-6-10-8(9-4)7(2)3;1-2/h5-6H,2,4H2,1,3H3;1-2H2/b6-5-,10-8?;. The van der Waals surface area contributed by atoms with E-state index in [9.17, 15) is 0 Å². The molecule has 0 unspecified atom stereocenters. The number of amidine groups is 1. The first kappa shape index (κ1) is 13.2. The van der Waals surface area contributed by atoms with Gasteiger partial charge in [-0.25, -0.2) is 9.98 Å². The summed E-state index contributed by atoms with van der Waals surface area (Å²) in [5, 5.41) is 0. The van der Waals surface area contributed by atoms with E-state index in [4.69, 9.17) is 0 Å². The fourth-order valence-corrected chi connectivity index (χ4v) is 0.431. The van der Waals surface area contributed by atoms with Crippen molar-refractivity contribution in [1.82, 2.24) is 0 Å². The van der Waals surface area contributed by atoms with Crippen LogP contribution in [0.5, 0.6) is 0 Å². The summed E-state index contributed by atoms with van der Waals surface area (Å²) in [5.74, 6) is 0.595. The van der Waals surface area contributed by atoms with E-state index in [0.717, 1.165) is 5.57 Å². The Morgan fingerprint density at radius 2 is 1.83 bits per heavy atom. The van der Waals surface area contributed by atoms with Gasteiger partial charge in [-0.15, -0.1) is 13.2 Å². The number of hydrogen-bond acceptors (Lipinski definition) is 1. The minimum atomic E-state index is 0.595. The molecule has 0 aliphatic carbocycles. The fourth-order valence-electron chi connectivity index (χ4n) is 0.431. The van der Waals surface area contributed by atoms with E-state index >= 15 is 0 Å². The lowest BCUT2D eigenvalue weighted by Crippen LogP contribution is -1.91. The van der Waals surface area contributed by atoms with Gasteiger partial charge in [-0.1, -0.05) is 12.7 Å². The minimum Gasteiger partial charge on any atom is -0.245 e. The van der Waals surface area contributed by atoms with Crippen LogP contribution in [0.3, 0.4) is 0 Å². The Balaban J connectivity index is 0. The van der Waals surface area contributed by atoms with E-state index in [2.05, 4.69) is 36.4 Å². The monoisotopic (exact) mass is 164 g/mol. The molecule has 0 aromatic rings. The van der Waals surface area contributed by atoms with Crippen molar-refractivity contribution in [2.45, 2.75) is 13.8 Å². The molecule has 66 valence electrons. The van der Waals surface area contributed by atoms with Crippen molar-refractivity contribution in [3.8, 4) is 0 Å². The molecule has 0 aliphatic heterocycles. The van der Waals surface area contributed by atoms with E-state index in [1.165, 1.54) is 0 Å². The highest BCUT2D eigenvalue weighted by Crippen LogP contribution is 1.94. The molecule has 0 aliphatic rings. The molecule has 0 atom stereocenters. The lowest BCUT2D eigenvalue weighted by Gasteiger charge is -1.92. The largest absolute Gasteiger partial charge is 0.245 e. The topological polar surface area (TPSA) is 24.7 Å². The van der Waals surface area contributed by atoms with Crippen molar-refractivity contribution < 1.29 is 0 Å². The Labute approximate surface area is 74.8 Å². The van der Waals surface area contributed by atoms with Gasteiger partial charge in [0.05, 0.1) is 0 Å². The number of hydrogen-bond donors (Lipinski definition) is 0. The van der Waals surface area contributed by atoms with Gasteiger partial charge < -0.3 is 0 Å². The van der Waals surface area contributed by atoms with Crippen LogP contribution in [0.25, 0.3) is 0 Å². The van der Waals surface area contributed by atoms with Crippen molar-refractivity contribution in [3.05, 3.63) is 37.6 Å². The highest BCUT2D eigenvalue weighted by atomic mass is 14.9. The van der Waals surface area contributed by atoms with Gasteiger partial charge in [-0.05, 0) is 26.1 Å². The molecule has 0 saturated carbocycles. The quantitative estimate of drug-likeness (QED) is 0.340. The van der Waals surface area contributed by atoms with Gasteiger partial charge in [0.15, 0.2) is 5.84 Å². The van der Waals surface area contributed by atoms with Crippen molar-refractivity contribution in [2.75, 3.05) is 0 Å². The van der Waals surface area contributed by atoms with Crippen LogP contribution < -0.4 is 0 Å². The maximum atomic E-state index is 3.97. The molecule has 0 spiro atoms. The third kappa shape index (κ3) is 6.68. The van der Waals surface area contributed by atoms with Crippen molar-refractivity contribution in [2.24, 2.45) is 9.98 Å². The Bertz CT molecular complexity index is 200. The first-order chi connectivity index (χ1) is 5.72. The molecular formula is C10H16N2. The molecule has 2 heteroatoms. The predicted molar refractivity (Wildman–Crippen MR) is 57.9 cm³/mol. The SMILES string of the molecule is C=C.C=NC(=N/C=C\C)C(=C)C. The van der Waals surface area contributed by atoms with Gasteiger partial charge in [0.2, 0.25) is 0 Å². The van der Waals surface area contributed by atoms with Crippen LogP contribution in [0.15, 0.2) is 47.6 Å². The zero-order valence-corrected chi connectivity index (χ0v) is 7.88. The Morgan fingerprint density at radius 3 is 2.08 bits per heavy atom. The summed E-state index contributed by atoms with van der Waals surface area (Å²) in [6, 6.07) is 0. The van der Waals surface area contributed by atoms with Gasteiger partial charge in [0.1, 0.15) is 0 Å². The minimum absolute atomic E-state index is 0.595. The van der Waals surface area contributed by atoms with Crippen molar-refractivity contribution in [3.63, 3.8) is 0 Å². The zero-order chi connectivity index (χ0) is 9.98. The number of nitrogens with zero attached hydrogens (tertiary/aromatic N) is 2. The van der Waals surface area contributed by atoms with Crippen LogP contribution in [0, 0.1) is 0 Å². The molecule has 0 amide bonds. The van der Waals surface area contributed by atoms with E-state index < -0.39 is 0 Å². The zero-order valence-electron chi connectivity index (χ0n) is 7.88. The van der Waals surface area contributed by atoms with Gasteiger partial charge in [0.25, 0.3) is 0 Å². The number of aliphatic imine (C=N–C) groups is 2. The van der Waals surface area contributed by atoms with Gasteiger partial charge in [0, 0.05) is 6.20 Å². The lowest BCUT2D eigenvalue weighted by atomic mass is 10.3. The molecule has 12 heavy (non-hydrogen) atoms. The molecule has 2 nitrogen and oxygen atoms in total. The Kier molecular flexibility index (Phi) is 10.5. The van der Waals surface area contributed by atoms with Crippen molar-refractivity contribution >= 4 is 12.6 Å². The summed E-state index contributed by atoms with van der Waals surface area (Å²) in [5.41, 5.74) is 0.827. The molecule has 0 fully saturated rings. The molecular weight excluding hydrogens is 148 g/mol. The Morgan fingerprint density at radius 1 is 1.33 bits per heavy atom. The molecule has 0 heterocycles. The van der Waals surface area contributed by atoms with E-state index in [1.807, 2.05) is 19.9 Å². The third-order valence-corrected chi connectivity index (χ3v) is 0.877. The van der Waals surface area contributed by atoms with Gasteiger partial charge in [-0.3, -0.25) is 0 Å². The third-order valence-electron chi connectivity index (χ3n) is 0.877. The second-order valence-corrected chi connectivity index (χ2v) is 1.87. The first-order valence-electron chi connectivity index (χ1n) is 3.54. The van der Waals surface area contributed by atoms with Crippen LogP contribution in [0.4, 0.5) is 0 Å². The maximum absolute atomic E-state index is 3.97. The first-order valence-corrected chi connectivity index (χ1v) is 3.54. The predicted octanol–water partition coefficient (Wildman–Crippen LogP) is 3.00. The molecule has 0 rings (SSSR count). The molecule has 0 saturated heterocycles. The second kappa shape index (κ2) is 9.56. The number of allylic oxidation sites excluding steroid dienone is 1. The Hall–Kier alpha value is -1.44. The van der Waals surface area contributed by atoms with Gasteiger partial charge >= 0.3 is 0 Å². The highest BCUT2D eigenvalue weighted by Gasteiger charge is 1.90. The van der Waals surface area contributed by atoms with Crippen LogP contribution in [-0.2, 0) is 0 Å². The lowest BCUT2D eigenvalue weighted by molar-refractivity contribution is 1.43. The van der Waals surface area contributed by atoms with E-state index in [0.29, 0.717) is 5.84 Å². The normalized spacial score (nSPS) is 10.3. The van der Waals surface area contributed by atoms with Gasteiger partial charge in [-0.2, -0.15) is 0 Å². The van der Waals surface area contributed by atoms with E-state index in [1.54, 1.807) is 6.20 Å². The molecule has 0 aromatic heterocycles. The summed E-state index contributed by atoms with van der Waals surface area (Å²) in [6.45, 7) is 16.8. The summed E-state index contributed by atoms with van der Waals surface area (Å²) in [4.78, 5) is 7.64. The van der Waals surface area contributed by atoms with Crippen LogP contribution >= 0.6 is 0 Å². The number of rotatable bonds is 2. The van der Waals surface area contributed by atoms with Crippen LogP contribution in [0.2, 0.25) is 0 Å². The van der Waals surface area contributed by atoms with E-state index in [-0.39, 0.29) is 0 Å². The smallest absolute Gasteiger partial charge is 0.153 e. The van der Waals surface area contributed by atoms with Crippen molar-refractivity contribution in [1.29, 1.82) is 0 Å². The molecule has 0 bridgehead atoms. The summed E-state index contributed by atoms with van der Waals surface area (Å²) in [7, 11) is 0. The maximum Gasteiger partial charge on any atom is 0.153 e. The summed E-state index contributed by atoms with van der Waals surface area (Å²) < 4.78 is 0. The average molecular weight is 164 g/mol. The second-order valence-electron chi connectivity index (χ2n) is 1.87. The van der Waals surface area contributed by atoms with Crippen LogP contribution in [0.1, 0.15) is 13.8 Å². The van der Waals surface area contributed by atoms with Crippen LogP contribution in [-0.4, -0.2) is 12.6 Å². The molecule has 0 aromatic carbocycles. The molecule has 0 radical (unpaired) electrons. The fraction of sp³-hybridized carbons (Fsp3) is 0.200. The summed E-state index contributed by atoms with van der Waals surface area (Å²) in [6.07, 6.45) is 3.49.